The van der Waals surface area contributed by atoms with Gasteiger partial charge in [-0.15, -0.1) is 0 Å². The first kappa shape index (κ1) is 22.1. The number of amides is 3. The summed E-state index contributed by atoms with van der Waals surface area (Å²) in [6, 6.07) is 14.1. The SMILES string of the molecule is COCCNC(=O)C(Cc1ccccc1)NC(=O)N1CC2CC(C1)c1cccc(=O)n1C2. The van der Waals surface area contributed by atoms with Gasteiger partial charge in [0.25, 0.3) is 5.56 Å². The zero-order valence-electron chi connectivity index (χ0n) is 18.3. The molecular weight excluding hydrogens is 408 g/mol. The molecular formula is C24H30N4O4. The average Bonchev–Trinajstić information content (AvgIpc) is 2.80. The van der Waals surface area contributed by atoms with Crippen molar-refractivity contribution in [2.24, 2.45) is 5.92 Å². The summed E-state index contributed by atoms with van der Waals surface area (Å²) in [5.41, 5.74) is 1.98. The van der Waals surface area contributed by atoms with Gasteiger partial charge >= 0.3 is 6.03 Å². The number of urea groups is 1. The maximum Gasteiger partial charge on any atom is 0.318 e. The van der Waals surface area contributed by atoms with Crippen molar-refractivity contribution in [1.29, 1.82) is 0 Å². The summed E-state index contributed by atoms with van der Waals surface area (Å²) in [4.78, 5) is 40.0. The second-order valence-corrected chi connectivity index (χ2v) is 8.58. The molecule has 2 bridgehead atoms. The van der Waals surface area contributed by atoms with Crippen molar-refractivity contribution in [3.05, 3.63) is 70.1 Å². The Bertz CT molecular complexity index is 1010. The molecule has 3 heterocycles. The van der Waals surface area contributed by atoms with Gasteiger partial charge in [0, 0.05) is 57.4 Å². The van der Waals surface area contributed by atoms with Crippen LogP contribution in [0.2, 0.25) is 0 Å². The Morgan fingerprint density at radius 2 is 1.91 bits per heavy atom. The Hall–Kier alpha value is -3.13. The maximum atomic E-state index is 13.2. The molecule has 1 aromatic carbocycles. The highest BCUT2D eigenvalue weighted by molar-refractivity contribution is 5.87. The van der Waals surface area contributed by atoms with Gasteiger partial charge in [0.15, 0.2) is 0 Å². The molecule has 1 saturated heterocycles. The van der Waals surface area contributed by atoms with Crippen LogP contribution in [0.25, 0.3) is 0 Å². The number of rotatable bonds is 7. The van der Waals surface area contributed by atoms with Crippen LogP contribution in [-0.2, 0) is 22.5 Å². The van der Waals surface area contributed by atoms with Crippen LogP contribution in [0.15, 0.2) is 53.3 Å². The summed E-state index contributed by atoms with van der Waals surface area (Å²) < 4.78 is 6.85. The predicted octanol–water partition coefficient (Wildman–Crippen LogP) is 1.35. The van der Waals surface area contributed by atoms with Crippen molar-refractivity contribution < 1.29 is 14.3 Å². The topological polar surface area (TPSA) is 92.7 Å². The number of hydrogen-bond acceptors (Lipinski definition) is 4. The van der Waals surface area contributed by atoms with Crippen molar-refractivity contribution in [1.82, 2.24) is 20.1 Å². The lowest BCUT2D eigenvalue weighted by atomic mass is 9.83. The first-order valence-electron chi connectivity index (χ1n) is 11.1. The van der Waals surface area contributed by atoms with E-state index in [4.69, 9.17) is 4.74 Å². The number of likely N-dealkylation sites (tertiary alicyclic amines) is 1. The molecule has 170 valence electrons. The van der Waals surface area contributed by atoms with Gasteiger partial charge in [0.05, 0.1) is 6.61 Å². The summed E-state index contributed by atoms with van der Waals surface area (Å²) in [5, 5.41) is 5.79. The van der Waals surface area contributed by atoms with Gasteiger partial charge in [-0.3, -0.25) is 9.59 Å². The zero-order valence-corrected chi connectivity index (χ0v) is 18.3. The highest BCUT2D eigenvalue weighted by Crippen LogP contribution is 2.34. The number of ether oxygens (including phenoxy) is 1. The van der Waals surface area contributed by atoms with E-state index in [-0.39, 0.29) is 29.3 Å². The number of benzene rings is 1. The Labute approximate surface area is 187 Å². The summed E-state index contributed by atoms with van der Waals surface area (Å²) in [6.07, 6.45) is 1.38. The van der Waals surface area contributed by atoms with Crippen LogP contribution in [0.5, 0.6) is 0 Å². The smallest absolute Gasteiger partial charge is 0.318 e. The maximum absolute atomic E-state index is 13.2. The molecule has 2 aliphatic heterocycles. The largest absolute Gasteiger partial charge is 0.383 e. The lowest BCUT2D eigenvalue weighted by Crippen LogP contribution is -2.56. The van der Waals surface area contributed by atoms with Crippen molar-refractivity contribution in [2.75, 3.05) is 33.4 Å². The first-order chi connectivity index (χ1) is 15.5. The Balaban J connectivity index is 1.45. The van der Waals surface area contributed by atoms with Crippen LogP contribution >= 0.6 is 0 Å². The normalized spacial score (nSPS) is 20.2. The van der Waals surface area contributed by atoms with E-state index in [0.29, 0.717) is 39.2 Å². The first-order valence-corrected chi connectivity index (χ1v) is 11.1. The van der Waals surface area contributed by atoms with E-state index in [9.17, 15) is 14.4 Å². The van der Waals surface area contributed by atoms with Gasteiger partial charge in [-0.2, -0.15) is 0 Å². The van der Waals surface area contributed by atoms with Gasteiger partial charge in [-0.1, -0.05) is 36.4 Å². The zero-order chi connectivity index (χ0) is 22.5. The number of piperidine rings is 1. The third-order valence-electron chi connectivity index (χ3n) is 6.27. The number of fused-ring (bicyclic) bond motifs is 4. The Morgan fingerprint density at radius 3 is 2.69 bits per heavy atom. The molecule has 3 amide bonds. The lowest BCUT2D eigenvalue weighted by molar-refractivity contribution is -0.123. The summed E-state index contributed by atoms with van der Waals surface area (Å²) in [6.45, 7) is 2.53. The van der Waals surface area contributed by atoms with E-state index in [2.05, 4.69) is 10.6 Å². The van der Waals surface area contributed by atoms with Crippen LogP contribution in [0.1, 0.15) is 23.6 Å². The third-order valence-corrected chi connectivity index (χ3v) is 6.27. The molecule has 0 saturated carbocycles. The molecule has 2 aliphatic rings. The average molecular weight is 439 g/mol. The minimum atomic E-state index is -0.682. The van der Waals surface area contributed by atoms with E-state index in [1.165, 1.54) is 0 Å². The van der Waals surface area contributed by atoms with Gasteiger partial charge in [0.2, 0.25) is 5.91 Å². The minimum absolute atomic E-state index is 0.0192. The predicted molar refractivity (Wildman–Crippen MR) is 120 cm³/mol. The molecule has 8 nitrogen and oxygen atoms in total. The van der Waals surface area contributed by atoms with Gasteiger partial charge in [0.1, 0.15) is 6.04 Å². The molecule has 1 fully saturated rings. The van der Waals surface area contributed by atoms with Crippen molar-refractivity contribution in [2.45, 2.75) is 31.3 Å². The Morgan fingerprint density at radius 1 is 1.09 bits per heavy atom. The molecule has 2 N–H and O–H groups in total. The van der Waals surface area contributed by atoms with Crippen LogP contribution in [0.3, 0.4) is 0 Å². The molecule has 1 aromatic heterocycles. The number of aromatic nitrogens is 1. The van der Waals surface area contributed by atoms with Crippen molar-refractivity contribution in [3.63, 3.8) is 0 Å². The molecule has 0 aliphatic carbocycles. The van der Waals surface area contributed by atoms with E-state index in [1.54, 1.807) is 24.1 Å². The minimum Gasteiger partial charge on any atom is -0.383 e. The molecule has 2 aromatic rings. The van der Waals surface area contributed by atoms with Gasteiger partial charge in [-0.05, 0) is 24.0 Å². The van der Waals surface area contributed by atoms with Gasteiger partial charge in [-0.25, -0.2) is 4.79 Å². The van der Waals surface area contributed by atoms with Crippen LogP contribution < -0.4 is 16.2 Å². The van der Waals surface area contributed by atoms with Crippen molar-refractivity contribution in [3.8, 4) is 0 Å². The number of carbonyl (C=O) groups is 2. The summed E-state index contributed by atoms with van der Waals surface area (Å²) in [7, 11) is 1.58. The third kappa shape index (κ3) is 5.02. The van der Waals surface area contributed by atoms with E-state index >= 15 is 0 Å². The van der Waals surface area contributed by atoms with Crippen molar-refractivity contribution >= 4 is 11.9 Å². The number of pyridine rings is 1. The molecule has 4 rings (SSSR count). The monoisotopic (exact) mass is 438 g/mol. The number of methoxy groups -OCH3 is 1. The van der Waals surface area contributed by atoms with Crippen LogP contribution in [0, 0.1) is 5.92 Å². The van der Waals surface area contributed by atoms with E-state index < -0.39 is 6.04 Å². The highest BCUT2D eigenvalue weighted by atomic mass is 16.5. The molecule has 8 heteroatoms. The highest BCUT2D eigenvalue weighted by Gasteiger charge is 2.37. The standard InChI is InChI=1S/C24H30N4O4/c1-32-11-10-25-23(30)20(13-17-6-3-2-4-7-17)26-24(31)27-14-18-12-19(16-27)21-8-5-9-22(29)28(21)15-18/h2-9,18-20H,10-16H2,1H3,(H,25,30)(H,26,31). The Kier molecular flexibility index (Phi) is 6.90. The molecule has 0 radical (unpaired) electrons. The number of nitrogens with one attached hydrogen (secondary N) is 2. The fourth-order valence-electron chi connectivity index (χ4n) is 4.76. The summed E-state index contributed by atoms with van der Waals surface area (Å²) in [5.74, 6) is 0.133. The van der Waals surface area contributed by atoms with Gasteiger partial charge < -0.3 is 24.8 Å². The quantitative estimate of drug-likeness (QED) is 0.639. The lowest BCUT2D eigenvalue weighted by Gasteiger charge is -2.43. The number of carbonyl (C=O) groups excluding carboxylic acids is 2. The molecule has 0 spiro atoms. The van der Waals surface area contributed by atoms with Crippen LogP contribution in [0.4, 0.5) is 4.79 Å². The number of nitrogens with zero attached hydrogens (tertiary/aromatic N) is 2. The number of hydrogen-bond donors (Lipinski definition) is 2. The fourth-order valence-corrected chi connectivity index (χ4v) is 4.76. The van der Waals surface area contributed by atoms with E-state index in [0.717, 1.165) is 17.7 Å². The molecule has 3 unspecified atom stereocenters. The fraction of sp³-hybridized carbons (Fsp3) is 0.458. The second-order valence-electron chi connectivity index (χ2n) is 8.58. The molecule has 32 heavy (non-hydrogen) atoms. The summed E-state index contributed by atoms with van der Waals surface area (Å²) >= 11 is 0. The second kappa shape index (κ2) is 9.99. The molecule has 3 atom stereocenters. The van der Waals surface area contributed by atoms with Crippen LogP contribution in [-0.4, -0.2) is 60.8 Å². The van der Waals surface area contributed by atoms with E-state index in [1.807, 2.05) is 41.0 Å².